The van der Waals surface area contributed by atoms with Crippen molar-refractivity contribution in [1.29, 1.82) is 0 Å². The molecule has 1 heterocycles. The average Bonchev–Trinajstić information content (AvgIpc) is 2.54. The highest BCUT2D eigenvalue weighted by Gasteiger charge is 2.38. The van der Waals surface area contributed by atoms with Gasteiger partial charge in [-0.25, -0.2) is 4.79 Å². The lowest BCUT2D eigenvalue weighted by Gasteiger charge is -2.32. The molecule has 1 unspecified atom stereocenters. The number of carbonyl (C=O) groups is 1. The Balaban J connectivity index is 2.11. The third kappa shape index (κ3) is 1.85. The first kappa shape index (κ1) is 10.5. The van der Waals surface area contributed by atoms with E-state index in [0.717, 1.165) is 0 Å². The van der Waals surface area contributed by atoms with Crippen LogP contribution >= 0.6 is 0 Å². The van der Waals surface area contributed by atoms with E-state index in [1.807, 2.05) is 11.8 Å². The topological polar surface area (TPSA) is 58.7 Å². The molecule has 4 nitrogen and oxygen atoms in total. The highest BCUT2D eigenvalue weighted by Crippen LogP contribution is 2.31. The lowest BCUT2D eigenvalue weighted by Crippen LogP contribution is -2.46. The van der Waals surface area contributed by atoms with Gasteiger partial charge in [0.25, 0.3) is 0 Å². The van der Waals surface area contributed by atoms with Crippen LogP contribution in [0.4, 0.5) is 4.79 Å². The molecule has 2 aliphatic rings. The van der Waals surface area contributed by atoms with Crippen molar-refractivity contribution in [2.24, 2.45) is 16.6 Å². The molecule has 1 atom stereocenters. The summed E-state index contributed by atoms with van der Waals surface area (Å²) in [5.41, 5.74) is 5.85. The Bertz CT molecular complexity index is 282. The molecule has 0 aromatic rings. The van der Waals surface area contributed by atoms with Crippen LogP contribution in [0.2, 0.25) is 0 Å². The van der Waals surface area contributed by atoms with Crippen LogP contribution in [0.15, 0.2) is 4.99 Å². The SMILES string of the molecule is CCN1C(=O)N=C(N)C1C1CCCCC1. The van der Waals surface area contributed by atoms with Crippen LogP contribution in [0.25, 0.3) is 0 Å². The summed E-state index contributed by atoms with van der Waals surface area (Å²) in [6.45, 7) is 2.70. The molecule has 0 aromatic heterocycles. The van der Waals surface area contributed by atoms with E-state index >= 15 is 0 Å². The summed E-state index contributed by atoms with van der Waals surface area (Å²) >= 11 is 0. The van der Waals surface area contributed by atoms with Crippen LogP contribution < -0.4 is 5.73 Å². The van der Waals surface area contributed by atoms with E-state index in [0.29, 0.717) is 18.3 Å². The van der Waals surface area contributed by atoms with Gasteiger partial charge in [0.15, 0.2) is 0 Å². The zero-order valence-corrected chi connectivity index (χ0v) is 9.28. The minimum absolute atomic E-state index is 0.0859. The quantitative estimate of drug-likeness (QED) is 0.753. The normalized spacial score (nSPS) is 28.3. The largest absolute Gasteiger partial charge is 0.385 e. The smallest absolute Gasteiger partial charge is 0.345 e. The molecule has 0 aromatic carbocycles. The van der Waals surface area contributed by atoms with E-state index in [2.05, 4.69) is 4.99 Å². The van der Waals surface area contributed by atoms with Gasteiger partial charge in [-0.15, -0.1) is 0 Å². The van der Waals surface area contributed by atoms with Gasteiger partial charge in [0.2, 0.25) is 0 Å². The standard InChI is InChI=1S/C11H19N3O/c1-2-14-9(10(12)13-11(14)15)8-6-4-3-5-7-8/h8-9H,2-7H2,1H3,(H2,12,13,15). The van der Waals surface area contributed by atoms with Gasteiger partial charge in [-0.3, -0.25) is 0 Å². The molecule has 0 spiro atoms. The van der Waals surface area contributed by atoms with Gasteiger partial charge in [-0.2, -0.15) is 4.99 Å². The van der Waals surface area contributed by atoms with Crippen molar-refractivity contribution in [1.82, 2.24) is 4.90 Å². The molecule has 0 radical (unpaired) electrons. The zero-order chi connectivity index (χ0) is 10.8. The molecule has 2 amide bonds. The van der Waals surface area contributed by atoms with Crippen LogP contribution in [-0.2, 0) is 0 Å². The number of urea groups is 1. The highest BCUT2D eigenvalue weighted by atomic mass is 16.2. The molecule has 2 N–H and O–H groups in total. The van der Waals surface area contributed by atoms with Crippen molar-refractivity contribution in [2.75, 3.05) is 6.54 Å². The van der Waals surface area contributed by atoms with Crippen LogP contribution in [-0.4, -0.2) is 29.4 Å². The molecule has 2 rings (SSSR count). The van der Waals surface area contributed by atoms with Crippen molar-refractivity contribution in [3.8, 4) is 0 Å². The Morgan fingerprint density at radius 2 is 2.07 bits per heavy atom. The van der Waals surface area contributed by atoms with Gasteiger partial charge in [-0.05, 0) is 25.7 Å². The first-order chi connectivity index (χ1) is 7.24. The predicted octanol–water partition coefficient (Wildman–Crippen LogP) is 1.75. The minimum atomic E-state index is -0.148. The summed E-state index contributed by atoms with van der Waals surface area (Å²) in [6, 6.07) is -0.0617. The zero-order valence-electron chi connectivity index (χ0n) is 9.28. The lowest BCUT2D eigenvalue weighted by molar-refractivity contribution is 0.180. The van der Waals surface area contributed by atoms with E-state index in [1.54, 1.807) is 0 Å². The summed E-state index contributed by atoms with van der Waals surface area (Å²) < 4.78 is 0. The van der Waals surface area contributed by atoms with Crippen molar-refractivity contribution >= 4 is 11.9 Å². The van der Waals surface area contributed by atoms with E-state index in [9.17, 15) is 4.79 Å². The molecular weight excluding hydrogens is 190 g/mol. The molecule has 0 bridgehead atoms. The summed E-state index contributed by atoms with van der Waals surface area (Å²) in [7, 11) is 0. The van der Waals surface area contributed by atoms with Gasteiger partial charge in [0.05, 0.1) is 6.04 Å². The number of hydrogen-bond donors (Lipinski definition) is 1. The van der Waals surface area contributed by atoms with E-state index in [4.69, 9.17) is 5.73 Å². The number of amides is 2. The number of hydrogen-bond acceptors (Lipinski definition) is 2. The number of aliphatic imine (C=N–C) groups is 1. The fourth-order valence-electron chi connectivity index (χ4n) is 2.80. The molecule has 1 saturated carbocycles. The van der Waals surface area contributed by atoms with Gasteiger partial charge < -0.3 is 10.6 Å². The first-order valence-corrected chi connectivity index (χ1v) is 5.88. The molecule has 15 heavy (non-hydrogen) atoms. The summed E-state index contributed by atoms with van der Waals surface area (Å²) in [5, 5.41) is 0. The van der Waals surface area contributed by atoms with Crippen molar-refractivity contribution in [2.45, 2.75) is 45.1 Å². The van der Waals surface area contributed by atoms with Crippen LogP contribution in [0.5, 0.6) is 0 Å². The molecular formula is C11H19N3O. The number of carbonyl (C=O) groups excluding carboxylic acids is 1. The Kier molecular flexibility index (Phi) is 2.93. The number of nitrogens with two attached hydrogens (primary N) is 1. The van der Waals surface area contributed by atoms with Crippen molar-refractivity contribution in [3.63, 3.8) is 0 Å². The van der Waals surface area contributed by atoms with Gasteiger partial charge in [-0.1, -0.05) is 19.3 Å². The second kappa shape index (κ2) is 4.21. The van der Waals surface area contributed by atoms with Crippen molar-refractivity contribution in [3.05, 3.63) is 0 Å². The lowest BCUT2D eigenvalue weighted by atomic mass is 9.83. The maximum Gasteiger partial charge on any atom is 0.345 e. The molecule has 84 valence electrons. The fourth-order valence-corrected chi connectivity index (χ4v) is 2.80. The molecule has 1 aliphatic heterocycles. The first-order valence-electron chi connectivity index (χ1n) is 5.88. The predicted molar refractivity (Wildman–Crippen MR) is 59.8 cm³/mol. The van der Waals surface area contributed by atoms with E-state index in [1.165, 1.54) is 32.1 Å². The maximum absolute atomic E-state index is 11.5. The third-order valence-corrected chi connectivity index (χ3v) is 3.55. The Labute approximate surface area is 90.5 Å². The van der Waals surface area contributed by atoms with Crippen LogP contribution in [0.1, 0.15) is 39.0 Å². The second-order valence-electron chi connectivity index (χ2n) is 4.45. The number of nitrogens with zero attached hydrogens (tertiary/aromatic N) is 2. The van der Waals surface area contributed by atoms with Gasteiger partial charge in [0.1, 0.15) is 5.84 Å². The van der Waals surface area contributed by atoms with Gasteiger partial charge >= 0.3 is 6.03 Å². The molecule has 4 heteroatoms. The average molecular weight is 209 g/mol. The summed E-state index contributed by atoms with van der Waals surface area (Å²) in [5.74, 6) is 1.07. The minimum Gasteiger partial charge on any atom is -0.385 e. The Morgan fingerprint density at radius 1 is 1.40 bits per heavy atom. The van der Waals surface area contributed by atoms with Crippen molar-refractivity contribution < 1.29 is 4.79 Å². The highest BCUT2D eigenvalue weighted by molar-refractivity contribution is 6.02. The summed E-state index contributed by atoms with van der Waals surface area (Å²) in [6.07, 6.45) is 6.22. The van der Waals surface area contributed by atoms with Crippen LogP contribution in [0.3, 0.4) is 0 Å². The number of amidine groups is 1. The molecule has 1 fully saturated rings. The maximum atomic E-state index is 11.5. The Hall–Kier alpha value is -1.06. The molecule has 1 aliphatic carbocycles. The van der Waals surface area contributed by atoms with E-state index < -0.39 is 0 Å². The van der Waals surface area contributed by atoms with Gasteiger partial charge in [0, 0.05) is 6.54 Å². The fraction of sp³-hybridized carbons (Fsp3) is 0.818. The Morgan fingerprint density at radius 3 is 2.67 bits per heavy atom. The van der Waals surface area contributed by atoms with Crippen LogP contribution in [0, 0.1) is 5.92 Å². The number of likely N-dealkylation sites (N-methyl/N-ethyl adjacent to an activating group) is 1. The second-order valence-corrected chi connectivity index (χ2v) is 4.45. The third-order valence-electron chi connectivity index (χ3n) is 3.55. The molecule has 0 saturated heterocycles. The summed E-state index contributed by atoms with van der Waals surface area (Å²) in [4.78, 5) is 17.2. The number of rotatable bonds is 2. The monoisotopic (exact) mass is 209 g/mol. The van der Waals surface area contributed by atoms with E-state index in [-0.39, 0.29) is 12.1 Å².